The van der Waals surface area contributed by atoms with Crippen LogP contribution in [0.1, 0.15) is 44.9 Å². The van der Waals surface area contributed by atoms with E-state index >= 15 is 0 Å². The average Bonchev–Trinajstić information content (AvgIpc) is 2.84. The number of hydrogen-bond acceptors (Lipinski definition) is 3. The summed E-state index contributed by atoms with van der Waals surface area (Å²) in [6.07, 6.45) is 7.83. The molecule has 0 unspecified atom stereocenters. The monoisotopic (exact) mass is 243 g/mol. The molecule has 1 amide bonds. The number of carbonyl (C=O) groups excluding carboxylic acids is 1. The Balaban J connectivity index is 1.87. The third kappa shape index (κ3) is 7.34. The van der Waals surface area contributed by atoms with Gasteiger partial charge >= 0.3 is 0 Å². The van der Waals surface area contributed by atoms with Crippen molar-refractivity contribution in [2.75, 3.05) is 26.4 Å². The van der Waals surface area contributed by atoms with Crippen LogP contribution in [0.4, 0.5) is 0 Å². The Hall–Kier alpha value is -0.610. The molecule has 17 heavy (non-hydrogen) atoms. The summed E-state index contributed by atoms with van der Waals surface area (Å²) < 4.78 is 5.10. The van der Waals surface area contributed by atoms with Gasteiger partial charge in [0.05, 0.1) is 13.2 Å². The van der Waals surface area contributed by atoms with Gasteiger partial charge in [0.15, 0.2) is 0 Å². The number of ether oxygens (including phenoxy) is 1. The third-order valence-electron chi connectivity index (χ3n) is 3.28. The van der Waals surface area contributed by atoms with Crippen LogP contribution in [0.25, 0.3) is 0 Å². The van der Waals surface area contributed by atoms with Gasteiger partial charge in [-0.1, -0.05) is 25.7 Å². The molecule has 0 aromatic carbocycles. The number of aliphatic hydroxyl groups excluding tert-OH is 1. The standard InChI is InChI=1S/C13H25NO3/c15-9-11-17-10-3-8-14-13(16)7-6-12-4-1-2-5-12/h12,15H,1-11H2,(H,14,16). The van der Waals surface area contributed by atoms with Crippen LogP contribution >= 0.6 is 0 Å². The van der Waals surface area contributed by atoms with Gasteiger partial charge in [-0.05, 0) is 18.8 Å². The summed E-state index contributed by atoms with van der Waals surface area (Å²) in [4.78, 5) is 11.5. The minimum atomic E-state index is 0.0632. The van der Waals surface area contributed by atoms with Gasteiger partial charge in [-0.2, -0.15) is 0 Å². The van der Waals surface area contributed by atoms with E-state index < -0.39 is 0 Å². The predicted octanol–water partition coefficient (Wildman–Crippen LogP) is 1.47. The molecule has 2 N–H and O–H groups in total. The zero-order chi connectivity index (χ0) is 12.3. The molecule has 4 nitrogen and oxygen atoms in total. The summed E-state index contributed by atoms with van der Waals surface area (Å²) in [6.45, 7) is 1.72. The van der Waals surface area contributed by atoms with Crippen molar-refractivity contribution >= 4 is 5.91 Å². The third-order valence-corrected chi connectivity index (χ3v) is 3.28. The van der Waals surface area contributed by atoms with E-state index in [1.165, 1.54) is 25.7 Å². The maximum Gasteiger partial charge on any atom is 0.220 e. The van der Waals surface area contributed by atoms with Crippen molar-refractivity contribution in [3.63, 3.8) is 0 Å². The summed E-state index contributed by atoms with van der Waals surface area (Å²) in [5.74, 6) is 0.952. The van der Waals surface area contributed by atoms with Crippen molar-refractivity contribution in [2.45, 2.75) is 44.9 Å². The van der Waals surface area contributed by atoms with E-state index in [1.807, 2.05) is 0 Å². The van der Waals surface area contributed by atoms with Gasteiger partial charge in [-0.3, -0.25) is 4.79 Å². The number of aliphatic hydroxyl groups is 1. The van der Waals surface area contributed by atoms with E-state index in [0.29, 0.717) is 26.2 Å². The Labute approximate surface area is 104 Å². The number of amides is 1. The van der Waals surface area contributed by atoms with Gasteiger partial charge in [0, 0.05) is 19.6 Å². The molecule has 0 radical (unpaired) electrons. The number of hydrogen-bond donors (Lipinski definition) is 2. The molecule has 0 heterocycles. The number of nitrogens with one attached hydrogen (secondary N) is 1. The molecule has 1 rings (SSSR count). The van der Waals surface area contributed by atoms with Gasteiger partial charge in [-0.25, -0.2) is 0 Å². The van der Waals surface area contributed by atoms with Crippen LogP contribution in [-0.2, 0) is 9.53 Å². The van der Waals surface area contributed by atoms with Crippen molar-refractivity contribution in [1.29, 1.82) is 0 Å². The molecule has 0 atom stereocenters. The fourth-order valence-corrected chi connectivity index (χ4v) is 2.29. The van der Waals surface area contributed by atoms with Crippen LogP contribution in [0.2, 0.25) is 0 Å². The number of carbonyl (C=O) groups is 1. The molecule has 0 bridgehead atoms. The first-order chi connectivity index (χ1) is 8.33. The van der Waals surface area contributed by atoms with Gasteiger partial charge < -0.3 is 15.2 Å². The molecule has 1 aliphatic rings. The SMILES string of the molecule is O=C(CCC1CCCC1)NCCCOCCO. The fraction of sp³-hybridized carbons (Fsp3) is 0.923. The molecular weight excluding hydrogens is 218 g/mol. The second kappa shape index (κ2) is 9.42. The molecule has 1 aliphatic carbocycles. The molecular formula is C13H25NO3. The molecule has 1 saturated carbocycles. The first kappa shape index (κ1) is 14.5. The Kier molecular flexibility index (Phi) is 8.01. The minimum Gasteiger partial charge on any atom is -0.394 e. The first-order valence-corrected chi connectivity index (χ1v) is 6.78. The fourth-order valence-electron chi connectivity index (χ4n) is 2.29. The average molecular weight is 243 g/mol. The van der Waals surface area contributed by atoms with Crippen molar-refractivity contribution in [3.05, 3.63) is 0 Å². The summed E-state index contributed by atoms with van der Waals surface area (Å²) in [6, 6.07) is 0. The van der Waals surface area contributed by atoms with Crippen molar-refractivity contribution < 1.29 is 14.6 Å². The van der Waals surface area contributed by atoms with Crippen molar-refractivity contribution in [1.82, 2.24) is 5.32 Å². The lowest BCUT2D eigenvalue weighted by atomic mass is 10.0. The highest BCUT2D eigenvalue weighted by atomic mass is 16.5. The highest BCUT2D eigenvalue weighted by molar-refractivity contribution is 5.75. The molecule has 0 aromatic rings. The van der Waals surface area contributed by atoms with E-state index in [4.69, 9.17) is 9.84 Å². The maximum absolute atomic E-state index is 11.5. The normalized spacial score (nSPS) is 16.3. The van der Waals surface area contributed by atoms with Crippen LogP contribution in [0.5, 0.6) is 0 Å². The quantitative estimate of drug-likeness (QED) is 0.603. The Bertz CT molecular complexity index is 203. The van der Waals surface area contributed by atoms with Crippen LogP contribution in [0.15, 0.2) is 0 Å². The first-order valence-electron chi connectivity index (χ1n) is 6.78. The van der Waals surface area contributed by atoms with E-state index in [2.05, 4.69) is 5.32 Å². The van der Waals surface area contributed by atoms with Gasteiger partial charge in [-0.15, -0.1) is 0 Å². The molecule has 100 valence electrons. The molecule has 0 aliphatic heterocycles. The molecule has 4 heteroatoms. The lowest BCUT2D eigenvalue weighted by Crippen LogP contribution is -2.25. The van der Waals surface area contributed by atoms with Crippen molar-refractivity contribution in [3.8, 4) is 0 Å². The second-order valence-electron chi connectivity index (χ2n) is 4.73. The Morgan fingerprint density at radius 1 is 1.29 bits per heavy atom. The zero-order valence-corrected chi connectivity index (χ0v) is 10.6. The van der Waals surface area contributed by atoms with Gasteiger partial charge in [0.2, 0.25) is 5.91 Å². The number of rotatable bonds is 9. The van der Waals surface area contributed by atoms with Crippen LogP contribution in [0.3, 0.4) is 0 Å². The van der Waals surface area contributed by atoms with Crippen LogP contribution in [0, 0.1) is 5.92 Å². The van der Waals surface area contributed by atoms with E-state index in [9.17, 15) is 4.79 Å². The summed E-state index contributed by atoms with van der Waals surface area (Å²) >= 11 is 0. The lowest BCUT2D eigenvalue weighted by molar-refractivity contribution is -0.121. The highest BCUT2D eigenvalue weighted by Gasteiger charge is 2.15. The maximum atomic E-state index is 11.5. The zero-order valence-electron chi connectivity index (χ0n) is 10.6. The minimum absolute atomic E-state index is 0.0632. The summed E-state index contributed by atoms with van der Waals surface area (Å²) in [5, 5.41) is 11.4. The molecule has 0 spiro atoms. The molecule has 0 saturated heterocycles. The highest BCUT2D eigenvalue weighted by Crippen LogP contribution is 2.28. The van der Waals surface area contributed by atoms with E-state index in [0.717, 1.165) is 18.8 Å². The Morgan fingerprint density at radius 2 is 2.06 bits per heavy atom. The van der Waals surface area contributed by atoms with E-state index in [-0.39, 0.29) is 12.5 Å². The molecule has 0 aromatic heterocycles. The van der Waals surface area contributed by atoms with Gasteiger partial charge in [0.25, 0.3) is 0 Å². The van der Waals surface area contributed by atoms with Crippen LogP contribution < -0.4 is 5.32 Å². The topological polar surface area (TPSA) is 58.6 Å². The predicted molar refractivity (Wildman–Crippen MR) is 66.7 cm³/mol. The Morgan fingerprint density at radius 3 is 2.76 bits per heavy atom. The smallest absolute Gasteiger partial charge is 0.220 e. The van der Waals surface area contributed by atoms with Crippen molar-refractivity contribution in [2.24, 2.45) is 5.92 Å². The van der Waals surface area contributed by atoms with E-state index in [1.54, 1.807) is 0 Å². The lowest BCUT2D eigenvalue weighted by Gasteiger charge is -2.09. The molecule has 1 fully saturated rings. The largest absolute Gasteiger partial charge is 0.394 e. The summed E-state index contributed by atoms with van der Waals surface area (Å²) in [7, 11) is 0. The second-order valence-corrected chi connectivity index (χ2v) is 4.73. The van der Waals surface area contributed by atoms with Gasteiger partial charge in [0.1, 0.15) is 0 Å². The summed E-state index contributed by atoms with van der Waals surface area (Å²) in [5.41, 5.74) is 0. The van der Waals surface area contributed by atoms with Crippen LogP contribution in [-0.4, -0.2) is 37.4 Å².